The van der Waals surface area contributed by atoms with Crippen molar-refractivity contribution in [2.75, 3.05) is 11.9 Å². The molecule has 4 nitrogen and oxygen atoms in total. The lowest BCUT2D eigenvalue weighted by Crippen LogP contribution is -2.17. The van der Waals surface area contributed by atoms with E-state index in [1.807, 2.05) is 6.92 Å². The van der Waals surface area contributed by atoms with E-state index in [2.05, 4.69) is 12.2 Å². The van der Waals surface area contributed by atoms with E-state index in [1.165, 1.54) is 4.88 Å². The van der Waals surface area contributed by atoms with Gasteiger partial charge in [-0.25, -0.2) is 4.79 Å². The molecule has 0 spiro atoms. The molecule has 3 rings (SSSR count). The van der Waals surface area contributed by atoms with Crippen LogP contribution >= 0.6 is 11.3 Å². The normalized spacial score (nSPS) is 20.4. The monoisotopic (exact) mass is 321 g/mol. The standard InChI is InChI=1S/C17H23NO3S/c1-3-10-5-8-12-13(9-10)22-16(14(12)17(20)21-4-2)18-15(19)11-6-7-11/h10-11H,3-9H2,1-2H3,(H,18,19)/t10-/m1/s1. The minimum absolute atomic E-state index is 0.0520. The number of rotatable bonds is 5. The second-order valence-electron chi connectivity index (χ2n) is 6.21. The summed E-state index contributed by atoms with van der Waals surface area (Å²) in [5.74, 6) is 0.586. The highest BCUT2D eigenvalue weighted by Gasteiger charge is 2.33. The van der Waals surface area contributed by atoms with Gasteiger partial charge in [-0.05, 0) is 50.5 Å². The number of nitrogens with one attached hydrogen (secondary N) is 1. The van der Waals surface area contributed by atoms with Crippen LogP contribution in [0.25, 0.3) is 0 Å². The summed E-state index contributed by atoms with van der Waals surface area (Å²) in [5.41, 5.74) is 1.73. The molecular weight excluding hydrogens is 298 g/mol. The summed E-state index contributed by atoms with van der Waals surface area (Å²) in [4.78, 5) is 25.7. The molecule has 1 fully saturated rings. The zero-order valence-corrected chi connectivity index (χ0v) is 14.1. The van der Waals surface area contributed by atoms with Crippen LogP contribution in [0.15, 0.2) is 0 Å². The van der Waals surface area contributed by atoms with Gasteiger partial charge in [-0.1, -0.05) is 13.3 Å². The number of carbonyl (C=O) groups excluding carboxylic acids is 2. The zero-order chi connectivity index (χ0) is 15.7. The van der Waals surface area contributed by atoms with E-state index in [9.17, 15) is 9.59 Å². The van der Waals surface area contributed by atoms with Crippen molar-refractivity contribution in [3.63, 3.8) is 0 Å². The fourth-order valence-corrected chi connectivity index (χ4v) is 4.42. The van der Waals surface area contributed by atoms with Crippen molar-refractivity contribution in [3.8, 4) is 0 Å². The molecule has 2 aliphatic carbocycles. The summed E-state index contributed by atoms with van der Waals surface area (Å²) in [6.45, 7) is 4.38. The molecule has 0 saturated heterocycles. The predicted octanol–water partition coefficient (Wildman–Crippen LogP) is 3.79. The number of carbonyl (C=O) groups is 2. The zero-order valence-electron chi connectivity index (χ0n) is 13.2. The van der Waals surface area contributed by atoms with Crippen molar-refractivity contribution >= 4 is 28.2 Å². The molecule has 22 heavy (non-hydrogen) atoms. The van der Waals surface area contributed by atoms with Crippen molar-refractivity contribution in [3.05, 3.63) is 16.0 Å². The Kier molecular flexibility index (Phi) is 4.52. The Morgan fingerprint density at radius 3 is 2.68 bits per heavy atom. The summed E-state index contributed by atoms with van der Waals surface area (Å²) >= 11 is 1.58. The number of thiophene rings is 1. The molecule has 2 aliphatic rings. The molecule has 5 heteroatoms. The highest BCUT2D eigenvalue weighted by Crippen LogP contribution is 2.41. The van der Waals surface area contributed by atoms with Gasteiger partial charge in [-0.3, -0.25) is 4.79 Å². The third-order valence-corrected chi connectivity index (χ3v) is 5.78. The van der Waals surface area contributed by atoms with E-state index in [1.54, 1.807) is 11.3 Å². The van der Waals surface area contributed by atoms with E-state index >= 15 is 0 Å². The lowest BCUT2D eigenvalue weighted by molar-refractivity contribution is -0.117. The van der Waals surface area contributed by atoms with Gasteiger partial charge in [-0.2, -0.15) is 0 Å². The van der Waals surface area contributed by atoms with Crippen molar-refractivity contribution in [2.24, 2.45) is 11.8 Å². The highest BCUT2D eigenvalue weighted by atomic mass is 32.1. The molecule has 0 unspecified atom stereocenters. The number of hydrogen-bond acceptors (Lipinski definition) is 4. The van der Waals surface area contributed by atoms with E-state index < -0.39 is 0 Å². The first-order valence-electron chi connectivity index (χ1n) is 8.26. The van der Waals surface area contributed by atoms with E-state index in [0.29, 0.717) is 23.1 Å². The quantitative estimate of drug-likeness (QED) is 0.840. The molecule has 1 amide bonds. The maximum absolute atomic E-state index is 12.3. The number of hydrogen-bond donors (Lipinski definition) is 1. The summed E-state index contributed by atoms with van der Waals surface area (Å²) in [6, 6.07) is 0. The Hall–Kier alpha value is -1.36. The van der Waals surface area contributed by atoms with Gasteiger partial charge < -0.3 is 10.1 Å². The van der Waals surface area contributed by atoms with Gasteiger partial charge in [-0.15, -0.1) is 11.3 Å². The van der Waals surface area contributed by atoms with Crippen molar-refractivity contribution < 1.29 is 14.3 Å². The second-order valence-corrected chi connectivity index (χ2v) is 7.31. The topological polar surface area (TPSA) is 55.4 Å². The van der Waals surface area contributed by atoms with Gasteiger partial charge in [0.1, 0.15) is 5.00 Å². The van der Waals surface area contributed by atoms with Crippen LogP contribution in [-0.4, -0.2) is 18.5 Å². The largest absolute Gasteiger partial charge is 0.462 e. The van der Waals surface area contributed by atoms with Crippen LogP contribution in [-0.2, 0) is 22.4 Å². The molecule has 0 bridgehead atoms. The Labute approximate surface area is 135 Å². The molecular formula is C17H23NO3S. The number of esters is 1. The van der Waals surface area contributed by atoms with E-state index in [-0.39, 0.29) is 17.8 Å². The lowest BCUT2D eigenvalue weighted by atomic mass is 9.85. The Morgan fingerprint density at radius 2 is 2.05 bits per heavy atom. The van der Waals surface area contributed by atoms with Crippen LogP contribution in [0.1, 0.15) is 60.3 Å². The first-order valence-corrected chi connectivity index (χ1v) is 9.08. The van der Waals surface area contributed by atoms with Gasteiger partial charge in [0, 0.05) is 10.8 Å². The van der Waals surface area contributed by atoms with Gasteiger partial charge in [0.2, 0.25) is 5.91 Å². The number of anilines is 1. The summed E-state index contributed by atoms with van der Waals surface area (Å²) < 4.78 is 5.22. The lowest BCUT2D eigenvalue weighted by Gasteiger charge is -2.20. The van der Waals surface area contributed by atoms with Crippen LogP contribution in [0.5, 0.6) is 0 Å². The molecule has 1 N–H and O–H groups in total. The smallest absolute Gasteiger partial charge is 0.341 e. The van der Waals surface area contributed by atoms with Crippen LogP contribution < -0.4 is 5.32 Å². The Bertz CT molecular complexity index is 589. The Balaban J connectivity index is 1.91. The minimum atomic E-state index is -0.291. The third kappa shape index (κ3) is 3.05. The molecule has 1 atom stereocenters. The van der Waals surface area contributed by atoms with Crippen LogP contribution in [0, 0.1) is 11.8 Å². The van der Waals surface area contributed by atoms with Crippen LogP contribution in [0.3, 0.4) is 0 Å². The molecule has 120 valence electrons. The number of fused-ring (bicyclic) bond motifs is 1. The molecule has 1 aromatic rings. The summed E-state index contributed by atoms with van der Waals surface area (Å²) in [6.07, 6.45) is 6.13. The van der Waals surface area contributed by atoms with Gasteiger partial charge in [0.15, 0.2) is 0 Å². The van der Waals surface area contributed by atoms with Crippen LogP contribution in [0.2, 0.25) is 0 Å². The molecule has 0 radical (unpaired) electrons. The number of amides is 1. The molecule has 0 aliphatic heterocycles. The van der Waals surface area contributed by atoms with E-state index in [4.69, 9.17) is 4.74 Å². The maximum atomic E-state index is 12.3. The van der Waals surface area contributed by atoms with Crippen molar-refractivity contribution in [2.45, 2.75) is 52.4 Å². The van der Waals surface area contributed by atoms with E-state index in [0.717, 1.165) is 44.1 Å². The first kappa shape index (κ1) is 15.5. The molecule has 1 aromatic heterocycles. The highest BCUT2D eigenvalue weighted by molar-refractivity contribution is 7.17. The average Bonchev–Trinajstić information content (AvgIpc) is 3.29. The fraction of sp³-hybridized carbons (Fsp3) is 0.647. The molecule has 1 saturated carbocycles. The van der Waals surface area contributed by atoms with Crippen molar-refractivity contribution in [1.29, 1.82) is 0 Å². The molecule has 1 heterocycles. The van der Waals surface area contributed by atoms with Crippen molar-refractivity contribution in [1.82, 2.24) is 0 Å². The summed E-state index contributed by atoms with van der Waals surface area (Å²) in [7, 11) is 0. The summed E-state index contributed by atoms with van der Waals surface area (Å²) in [5, 5.41) is 3.69. The maximum Gasteiger partial charge on any atom is 0.341 e. The third-order valence-electron chi connectivity index (χ3n) is 4.61. The SMILES string of the molecule is CCOC(=O)c1c(NC(=O)C2CC2)sc2c1CC[C@@H](CC)C2. The van der Waals surface area contributed by atoms with Crippen LogP contribution in [0.4, 0.5) is 5.00 Å². The fourth-order valence-electron chi connectivity index (χ4n) is 3.07. The van der Waals surface area contributed by atoms with Gasteiger partial charge in [0.05, 0.1) is 12.2 Å². The average molecular weight is 321 g/mol. The Morgan fingerprint density at radius 1 is 1.27 bits per heavy atom. The number of ether oxygens (including phenoxy) is 1. The van der Waals surface area contributed by atoms with Gasteiger partial charge >= 0.3 is 5.97 Å². The molecule has 0 aromatic carbocycles. The first-order chi connectivity index (χ1) is 10.6. The van der Waals surface area contributed by atoms with Gasteiger partial charge in [0.25, 0.3) is 0 Å². The minimum Gasteiger partial charge on any atom is -0.462 e. The predicted molar refractivity (Wildman–Crippen MR) is 87.4 cm³/mol. The second kappa shape index (κ2) is 6.41.